The Bertz CT molecular complexity index is 502. The van der Waals surface area contributed by atoms with Crippen LogP contribution in [0.15, 0.2) is 5.51 Å². The van der Waals surface area contributed by atoms with Gasteiger partial charge in [-0.15, -0.1) is 10.2 Å². The smallest absolute Gasteiger partial charge is 0.240 e. The fourth-order valence-corrected chi connectivity index (χ4v) is 4.65. The van der Waals surface area contributed by atoms with E-state index in [0.29, 0.717) is 23.8 Å². The van der Waals surface area contributed by atoms with Crippen LogP contribution < -0.4 is 5.32 Å². The third-order valence-electron chi connectivity index (χ3n) is 5.18. The predicted octanol–water partition coefficient (Wildman–Crippen LogP) is 2.15. The molecular formula is C15H24N4O2S. The topological polar surface area (TPSA) is 67.3 Å². The first kappa shape index (κ1) is 15.8. The third-order valence-corrected chi connectivity index (χ3v) is 5.78. The summed E-state index contributed by atoms with van der Waals surface area (Å²) in [6.45, 7) is 3.24. The molecule has 22 heavy (non-hydrogen) atoms. The molecule has 0 bridgehead atoms. The van der Waals surface area contributed by atoms with Crippen LogP contribution in [-0.4, -0.2) is 53.3 Å². The largest absolute Gasteiger partial charge is 0.378 e. The molecule has 0 aromatic carbocycles. The molecule has 1 N–H and O–H groups in total. The van der Waals surface area contributed by atoms with E-state index in [1.54, 1.807) is 5.51 Å². The van der Waals surface area contributed by atoms with Crippen molar-refractivity contribution in [1.82, 2.24) is 15.1 Å². The van der Waals surface area contributed by atoms with Crippen LogP contribution in [0.25, 0.3) is 0 Å². The highest BCUT2D eigenvalue weighted by molar-refractivity contribution is 7.13. The molecule has 1 aromatic heterocycles. The highest BCUT2D eigenvalue weighted by atomic mass is 32.1. The molecule has 122 valence electrons. The predicted molar refractivity (Wildman–Crippen MR) is 85.9 cm³/mol. The van der Waals surface area contributed by atoms with Crippen molar-refractivity contribution < 1.29 is 9.53 Å². The minimum absolute atomic E-state index is 0.0211. The molecule has 2 unspecified atom stereocenters. The van der Waals surface area contributed by atoms with E-state index in [0.717, 1.165) is 13.0 Å². The van der Waals surface area contributed by atoms with Crippen LogP contribution in [0.5, 0.6) is 0 Å². The number of aromatic nitrogens is 2. The van der Waals surface area contributed by atoms with Gasteiger partial charge in [0, 0.05) is 18.1 Å². The summed E-state index contributed by atoms with van der Waals surface area (Å²) in [6, 6.07) is 0.451. The average Bonchev–Trinajstić information content (AvgIpc) is 3.14. The molecule has 7 heteroatoms. The first-order valence-corrected chi connectivity index (χ1v) is 8.91. The Labute approximate surface area is 135 Å². The van der Waals surface area contributed by atoms with Gasteiger partial charge >= 0.3 is 0 Å². The van der Waals surface area contributed by atoms with Crippen LogP contribution in [0.3, 0.4) is 0 Å². The summed E-state index contributed by atoms with van der Waals surface area (Å²) in [5.41, 5.74) is 1.89. The van der Waals surface area contributed by atoms with Crippen molar-refractivity contribution in [1.29, 1.82) is 0 Å². The second kappa shape index (κ2) is 6.60. The summed E-state index contributed by atoms with van der Waals surface area (Å²) in [6.07, 6.45) is 6.43. The molecule has 1 amide bonds. The monoisotopic (exact) mass is 324 g/mol. The molecule has 2 aliphatic rings. The van der Waals surface area contributed by atoms with Gasteiger partial charge in [-0.25, -0.2) is 0 Å². The van der Waals surface area contributed by atoms with E-state index in [4.69, 9.17) is 4.74 Å². The van der Waals surface area contributed by atoms with Crippen molar-refractivity contribution >= 4 is 22.4 Å². The Kier molecular flexibility index (Phi) is 4.75. The second-order valence-corrected chi connectivity index (χ2v) is 7.18. The van der Waals surface area contributed by atoms with E-state index < -0.39 is 0 Å². The molecule has 0 saturated heterocycles. The van der Waals surface area contributed by atoms with Gasteiger partial charge in [-0.1, -0.05) is 24.2 Å². The number of nitrogens with one attached hydrogen (secondary N) is 1. The lowest BCUT2D eigenvalue weighted by atomic mass is 9.60. The average molecular weight is 324 g/mol. The highest BCUT2D eigenvalue weighted by Crippen LogP contribution is 2.56. The number of likely N-dealkylation sites (N-methyl/N-ethyl adjacent to an activating group) is 1. The fourth-order valence-electron chi connectivity index (χ4n) is 4.19. The molecule has 2 saturated carbocycles. The Morgan fingerprint density at radius 3 is 2.95 bits per heavy atom. The standard InChI is InChI=1S/C15H24N4O2S/c1-3-21-12-8-11(15(12)6-4-5-7-15)19(2)9-13(20)17-14-18-16-10-22-14/h10-12H,3-9H2,1-2H3,(H,17,18,20). The van der Waals surface area contributed by atoms with Gasteiger partial charge in [-0.05, 0) is 33.2 Å². The van der Waals surface area contributed by atoms with E-state index in [9.17, 15) is 4.79 Å². The number of carbonyl (C=O) groups excluding carboxylic acids is 1. The van der Waals surface area contributed by atoms with Crippen molar-refractivity contribution in [2.75, 3.05) is 25.5 Å². The molecule has 0 radical (unpaired) electrons. The van der Waals surface area contributed by atoms with E-state index in [1.807, 2.05) is 7.05 Å². The molecule has 2 aliphatic carbocycles. The maximum Gasteiger partial charge on any atom is 0.240 e. The molecule has 2 atom stereocenters. The van der Waals surface area contributed by atoms with Crippen LogP contribution in [0, 0.1) is 5.41 Å². The van der Waals surface area contributed by atoms with Crippen LogP contribution >= 0.6 is 11.3 Å². The number of rotatable bonds is 6. The summed E-state index contributed by atoms with van der Waals surface area (Å²) in [5.74, 6) is -0.0211. The summed E-state index contributed by atoms with van der Waals surface area (Å²) in [7, 11) is 2.05. The highest BCUT2D eigenvalue weighted by Gasteiger charge is 2.57. The van der Waals surface area contributed by atoms with Gasteiger partial charge < -0.3 is 4.74 Å². The number of ether oxygens (including phenoxy) is 1. The zero-order chi connectivity index (χ0) is 15.6. The molecule has 0 aliphatic heterocycles. The van der Waals surface area contributed by atoms with Crippen molar-refractivity contribution in [3.05, 3.63) is 5.51 Å². The Hall–Kier alpha value is -1.05. The van der Waals surface area contributed by atoms with Crippen LogP contribution in [-0.2, 0) is 9.53 Å². The normalized spacial score (nSPS) is 26.3. The summed E-state index contributed by atoms with van der Waals surface area (Å²) < 4.78 is 5.94. The molecular weight excluding hydrogens is 300 g/mol. The van der Waals surface area contributed by atoms with Crippen molar-refractivity contribution in [3.8, 4) is 0 Å². The lowest BCUT2D eigenvalue weighted by Crippen LogP contribution is -2.63. The van der Waals surface area contributed by atoms with Gasteiger partial charge in [0.25, 0.3) is 0 Å². The lowest BCUT2D eigenvalue weighted by molar-refractivity contribution is -0.162. The minimum atomic E-state index is -0.0211. The van der Waals surface area contributed by atoms with E-state index in [-0.39, 0.29) is 11.3 Å². The summed E-state index contributed by atoms with van der Waals surface area (Å²) in [5, 5.41) is 10.9. The molecule has 6 nitrogen and oxygen atoms in total. The number of carbonyl (C=O) groups is 1. The van der Waals surface area contributed by atoms with Crippen molar-refractivity contribution in [3.63, 3.8) is 0 Å². The minimum Gasteiger partial charge on any atom is -0.378 e. The first-order chi connectivity index (χ1) is 10.7. The van der Waals surface area contributed by atoms with Crippen molar-refractivity contribution in [2.45, 2.75) is 51.2 Å². The van der Waals surface area contributed by atoms with E-state index in [1.165, 1.54) is 37.0 Å². The van der Waals surface area contributed by atoms with Crippen LogP contribution in [0.2, 0.25) is 0 Å². The number of hydrogen-bond donors (Lipinski definition) is 1. The van der Waals surface area contributed by atoms with Gasteiger partial charge in [-0.2, -0.15) is 0 Å². The van der Waals surface area contributed by atoms with E-state index in [2.05, 4.69) is 27.3 Å². The Morgan fingerprint density at radius 1 is 1.55 bits per heavy atom. The SMILES string of the molecule is CCOC1CC(N(C)CC(=O)Nc2nncs2)C12CCCC2. The number of amides is 1. The Morgan fingerprint density at radius 2 is 2.32 bits per heavy atom. The van der Waals surface area contributed by atoms with Gasteiger partial charge in [0.15, 0.2) is 0 Å². The zero-order valence-corrected chi connectivity index (χ0v) is 14.1. The summed E-state index contributed by atoms with van der Waals surface area (Å²) >= 11 is 1.34. The quantitative estimate of drug-likeness (QED) is 0.868. The molecule has 2 fully saturated rings. The maximum absolute atomic E-state index is 12.1. The first-order valence-electron chi connectivity index (χ1n) is 8.03. The number of nitrogens with zero attached hydrogens (tertiary/aromatic N) is 3. The molecule has 1 spiro atoms. The van der Waals surface area contributed by atoms with Gasteiger partial charge in [0.05, 0.1) is 12.6 Å². The van der Waals surface area contributed by atoms with Crippen LogP contribution in [0.1, 0.15) is 39.0 Å². The zero-order valence-electron chi connectivity index (χ0n) is 13.2. The third kappa shape index (κ3) is 2.89. The van der Waals surface area contributed by atoms with Gasteiger partial charge in [0.2, 0.25) is 11.0 Å². The van der Waals surface area contributed by atoms with Gasteiger partial charge in [0.1, 0.15) is 5.51 Å². The summed E-state index contributed by atoms with van der Waals surface area (Å²) in [4.78, 5) is 14.3. The fraction of sp³-hybridized carbons (Fsp3) is 0.800. The lowest BCUT2D eigenvalue weighted by Gasteiger charge is -2.57. The second-order valence-electron chi connectivity index (χ2n) is 6.34. The Balaban J connectivity index is 1.58. The van der Waals surface area contributed by atoms with Crippen LogP contribution in [0.4, 0.5) is 5.13 Å². The molecule has 1 aromatic rings. The molecule has 3 rings (SSSR count). The van der Waals surface area contributed by atoms with Crippen molar-refractivity contribution in [2.24, 2.45) is 5.41 Å². The number of anilines is 1. The number of hydrogen-bond acceptors (Lipinski definition) is 6. The maximum atomic E-state index is 12.1. The van der Waals surface area contributed by atoms with E-state index >= 15 is 0 Å². The van der Waals surface area contributed by atoms with Gasteiger partial charge in [-0.3, -0.25) is 15.0 Å². The molecule has 1 heterocycles.